The van der Waals surface area contributed by atoms with Crippen LogP contribution >= 0.6 is 23.2 Å². The summed E-state index contributed by atoms with van der Waals surface area (Å²) in [6, 6.07) is 17.1. The smallest absolute Gasteiger partial charge is 0.331 e. The Kier molecular flexibility index (Phi) is 6.58. The third-order valence-corrected chi connectivity index (χ3v) is 6.82. The molecule has 7 nitrogen and oxygen atoms in total. The number of benzene rings is 2. The van der Waals surface area contributed by atoms with E-state index < -0.39 is 17.7 Å². The van der Waals surface area contributed by atoms with E-state index in [4.69, 9.17) is 23.2 Å². The molecule has 37 heavy (non-hydrogen) atoms. The first kappa shape index (κ1) is 24.7. The third kappa shape index (κ3) is 4.30. The van der Waals surface area contributed by atoms with E-state index in [1.54, 1.807) is 71.6 Å². The number of pyridine rings is 1. The molecule has 0 saturated carbocycles. The SMILES string of the molecule is CCCc1nn(-c2ccc(Cl)c(Cl)c2)c([O-])c1C1=C([n+]2cccc(C)c2)C(=O)N(c2ccccc2)C1=O. The highest BCUT2D eigenvalue weighted by molar-refractivity contribution is 6.53. The van der Waals surface area contributed by atoms with Gasteiger partial charge in [0, 0.05) is 17.2 Å². The molecule has 9 heteroatoms. The zero-order valence-electron chi connectivity index (χ0n) is 20.1. The van der Waals surface area contributed by atoms with Crippen LogP contribution in [0.1, 0.15) is 30.2 Å². The topological polar surface area (TPSA) is 82.1 Å². The number of hydrogen-bond donors (Lipinski definition) is 0. The van der Waals surface area contributed by atoms with Crippen LogP contribution in [0.4, 0.5) is 5.69 Å². The zero-order chi connectivity index (χ0) is 26.3. The maximum absolute atomic E-state index is 14.0. The molecule has 0 unspecified atom stereocenters. The van der Waals surface area contributed by atoms with E-state index in [-0.39, 0.29) is 21.9 Å². The van der Waals surface area contributed by atoms with Gasteiger partial charge in [-0.1, -0.05) is 54.7 Å². The Morgan fingerprint density at radius 3 is 2.38 bits per heavy atom. The highest BCUT2D eigenvalue weighted by Crippen LogP contribution is 2.39. The van der Waals surface area contributed by atoms with E-state index in [1.165, 1.54) is 4.68 Å². The normalized spacial score (nSPS) is 13.7. The summed E-state index contributed by atoms with van der Waals surface area (Å²) in [5.74, 6) is -1.62. The van der Waals surface area contributed by atoms with Crippen LogP contribution in [0.15, 0.2) is 73.1 Å². The lowest BCUT2D eigenvalue weighted by Crippen LogP contribution is -2.39. The fourth-order valence-electron chi connectivity index (χ4n) is 4.43. The molecule has 1 aliphatic heterocycles. The Labute approximate surface area is 223 Å². The molecule has 0 radical (unpaired) electrons. The molecule has 0 aliphatic carbocycles. The lowest BCUT2D eigenvalue weighted by molar-refractivity contribution is -0.577. The van der Waals surface area contributed by atoms with E-state index in [0.29, 0.717) is 34.9 Å². The van der Waals surface area contributed by atoms with Crippen LogP contribution in [0.3, 0.4) is 0 Å². The molecule has 2 amide bonds. The van der Waals surface area contributed by atoms with Crippen molar-refractivity contribution in [3.05, 3.63) is 99.9 Å². The van der Waals surface area contributed by atoms with Crippen LogP contribution in [0.5, 0.6) is 5.88 Å². The quantitative estimate of drug-likeness (QED) is 0.265. The third-order valence-electron chi connectivity index (χ3n) is 6.08. The number of nitrogens with zero attached hydrogens (tertiary/aromatic N) is 4. The molecule has 0 spiro atoms. The van der Waals surface area contributed by atoms with Gasteiger partial charge in [-0.25, -0.2) is 9.58 Å². The molecular formula is C28H22Cl2N4O3. The Balaban J connectivity index is 1.79. The number of halogens is 2. The number of amides is 2. The number of rotatable bonds is 6. The number of imide groups is 1. The average molecular weight is 533 g/mol. The Morgan fingerprint density at radius 2 is 1.70 bits per heavy atom. The van der Waals surface area contributed by atoms with Gasteiger partial charge in [-0.3, -0.25) is 9.59 Å². The fraction of sp³-hybridized carbons (Fsp3) is 0.143. The summed E-state index contributed by atoms with van der Waals surface area (Å²) in [7, 11) is 0. The van der Waals surface area contributed by atoms with E-state index in [1.807, 2.05) is 19.9 Å². The molecular weight excluding hydrogens is 511 g/mol. The molecule has 2 aromatic heterocycles. The largest absolute Gasteiger partial charge is 0.858 e. The van der Waals surface area contributed by atoms with Crippen LogP contribution in [-0.2, 0) is 16.0 Å². The highest BCUT2D eigenvalue weighted by Gasteiger charge is 2.47. The molecule has 0 N–H and O–H groups in total. The van der Waals surface area contributed by atoms with Crippen LogP contribution in [0.2, 0.25) is 10.0 Å². The Bertz CT molecular complexity index is 1580. The number of carbonyl (C=O) groups is 2. The molecule has 2 aromatic carbocycles. The van der Waals surface area contributed by atoms with Crippen molar-refractivity contribution in [3.8, 4) is 11.6 Å². The average Bonchev–Trinajstić information content (AvgIpc) is 3.33. The number of anilines is 1. The molecule has 5 rings (SSSR count). The number of hydrogen-bond acceptors (Lipinski definition) is 4. The number of aryl methyl sites for hydroxylation is 2. The van der Waals surface area contributed by atoms with Crippen molar-refractivity contribution in [3.63, 3.8) is 0 Å². The lowest BCUT2D eigenvalue weighted by Gasteiger charge is -2.15. The van der Waals surface area contributed by atoms with Gasteiger partial charge in [-0.05, 0) is 55.6 Å². The fourth-order valence-corrected chi connectivity index (χ4v) is 4.72. The van der Waals surface area contributed by atoms with Gasteiger partial charge in [0.05, 0.1) is 27.1 Å². The van der Waals surface area contributed by atoms with Crippen molar-refractivity contribution in [2.24, 2.45) is 0 Å². The minimum atomic E-state index is -0.580. The van der Waals surface area contributed by atoms with Crippen LogP contribution in [0.25, 0.3) is 17.0 Å². The van der Waals surface area contributed by atoms with Gasteiger partial charge in [0.1, 0.15) is 5.57 Å². The highest BCUT2D eigenvalue weighted by atomic mass is 35.5. The second kappa shape index (κ2) is 9.84. The molecule has 4 aromatic rings. The maximum atomic E-state index is 14.0. The molecule has 186 valence electrons. The standard InChI is InChI=1S/C28H22Cl2N4O3/c1-3-8-22-23(27(36)34(31-22)19-12-13-20(29)21(30)15-19)24-25(32-14-7-9-17(2)16-32)28(37)33(26(24)35)18-10-5-4-6-11-18/h4-7,9-16H,3,8H2,1-2H3. The van der Waals surface area contributed by atoms with Crippen molar-refractivity contribution in [2.45, 2.75) is 26.7 Å². The minimum absolute atomic E-state index is 0.0178. The molecule has 0 saturated heterocycles. The summed E-state index contributed by atoms with van der Waals surface area (Å²) in [6.07, 6.45) is 4.55. The van der Waals surface area contributed by atoms with Crippen molar-refractivity contribution in [1.82, 2.24) is 9.78 Å². The summed E-state index contributed by atoms with van der Waals surface area (Å²) >= 11 is 12.3. The first-order valence-corrected chi connectivity index (χ1v) is 12.5. The van der Waals surface area contributed by atoms with E-state index in [0.717, 1.165) is 10.5 Å². The summed E-state index contributed by atoms with van der Waals surface area (Å²) < 4.78 is 2.80. The summed E-state index contributed by atoms with van der Waals surface area (Å²) in [5, 5.41) is 19.1. The molecule has 1 aliphatic rings. The van der Waals surface area contributed by atoms with Crippen molar-refractivity contribution >= 4 is 52.0 Å². The Hall–Kier alpha value is -3.94. The monoisotopic (exact) mass is 532 g/mol. The minimum Gasteiger partial charge on any atom is -0.858 e. The molecule has 0 fully saturated rings. The van der Waals surface area contributed by atoms with Gasteiger partial charge < -0.3 is 5.11 Å². The van der Waals surface area contributed by atoms with Crippen LogP contribution < -0.4 is 14.6 Å². The van der Waals surface area contributed by atoms with E-state index >= 15 is 0 Å². The summed E-state index contributed by atoms with van der Waals surface area (Å²) in [6.45, 7) is 3.84. The van der Waals surface area contributed by atoms with E-state index in [2.05, 4.69) is 5.10 Å². The van der Waals surface area contributed by atoms with Crippen LogP contribution in [-0.4, -0.2) is 21.6 Å². The van der Waals surface area contributed by atoms with Crippen molar-refractivity contribution in [1.29, 1.82) is 0 Å². The lowest BCUT2D eigenvalue weighted by atomic mass is 10.0. The zero-order valence-corrected chi connectivity index (χ0v) is 21.6. The van der Waals surface area contributed by atoms with Gasteiger partial charge in [0.2, 0.25) is 0 Å². The maximum Gasteiger partial charge on any atom is 0.331 e. The molecule has 0 bridgehead atoms. The van der Waals surface area contributed by atoms with Gasteiger partial charge in [0.25, 0.3) is 11.6 Å². The first-order valence-electron chi connectivity index (χ1n) is 11.7. The second-order valence-corrected chi connectivity index (χ2v) is 9.49. The van der Waals surface area contributed by atoms with Crippen LogP contribution in [0, 0.1) is 6.92 Å². The first-order chi connectivity index (χ1) is 17.8. The van der Waals surface area contributed by atoms with Gasteiger partial charge in [0.15, 0.2) is 12.4 Å². The second-order valence-electron chi connectivity index (χ2n) is 8.68. The predicted molar refractivity (Wildman–Crippen MR) is 140 cm³/mol. The van der Waals surface area contributed by atoms with E-state index in [9.17, 15) is 14.7 Å². The number of carbonyl (C=O) groups excluding carboxylic acids is 2. The number of aromatic nitrogens is 3. The summed E-state index contributed by atoms with van der Waals surface area (Å²) in [4.78, 5) is 28.9. The van der Waals surface area contributed by atoms with Gasteiger partial charge >= 0.3 is 5.91 Å². The predicted octanol–water partition coefficient (Wildman–Crippen LogP) is 4.74. The van der Waals surface area contributed by atoms with Gasteiger partial charge in [-0.2, -0.15) is 9.67 Å². The van der Waals surface area contributed by atoms with Crippen molar-refractivity contribution in [2.75, 3.05) is 4.90 Å². The van der Waals surface area contributed by atoms with Gasteiger partial charge in [-0.15, -0.1) is 0 Å². The molecule has 0 atom stereocenters. The summed E-state index contributed by atoms with van der Waals surface area (Å²) in [5.41, 5.74) is 2.36. The number of para-hydroxylation sites is 1. The Morgan fingerprint density at radius 1 is 0.946 bits per heavy atom. The van der Waals surface area contributed by atoms with Crippen molar-refractivity contribution < 1.29 is 19.3 Å². The molecule has 3 heterocycles.